The third kappa shape index (κ3) is 6.39. The van der Waals surface area contributed by atoms with Gasteiger partial charge in [-0.15, -0.1) is 0 Å². The number of carbonyl (C=O) groups is 1. The molecule has 2 heterocycles. The molecule has 0 spiro atoms. The van der Waals surface area contributed by atoms with Crippen molar-refractivity contribution in [1.29, 1.82) is 0 Å². The number of anilines is 1. The normalized spacial score (nSPS) is 15.5. The largest absolute Gasteiger partial charge is 0.481 e. The standard InChI is InChI=1S/C22H23F3N6O2/c1-14(26-7-8-27-18-12-29-31(2)13-18)15-5-4-6-17(9-15)30-20(32)16-10-19(22(23,24)25)21(33-3)28-11-16/h4-12,14,29H,13H2,1-3H3,(H,30,32). The number of amides is 1. The molecule has 0 bridgehead atoms. The van der Waals surface area contributed by atoms with Gasteiger partial charge in [0.1, 0.15) is 5.56 Å². The van der Waals surface area contributed by atoms with Gasteiger partial charge in [-0.25, -0.2) is 9.99 Å². The number of benzene rings is 1. The third-order valence-corrected chi connectivity index (χ3v) is 4.71. The summed E-state index contributed by atoms with van der Waals surface area (Å²) in [6.07, 6.45) is 1.33. The maximum absolute atomic E-state index is 13.2. The van der Waals surface area contributed by atoms with Gasteiger partial charge in [0.2, 0.25) is 5.88 Å². The minimum atomic E-state index is -4.70. The van der Waals surface area contributed by atoms with Crippen LogP contribution in [0.25, 0.3) is 0 Å². The Hall–Kier alpha value is -3.73. The van der Waals surface area contributed by atoms with Crippen LogP contribution in [0.2, 0.25) is 0 Å². The van der Waals surface area contributed by atoms with E-state index in [0.29, 0.717) is 18.3 Å². The Bertz CT molecular complexity index is 1100. The van der Waals surface area contributed by atoms with E-state index < -0.39 is 23.5 Å². The first-order chi connectivity index (χ1) is 15.7. The fourth-order valence-electron chi connectivity index (χ4n) is 3.00. The van der Waals surface area contributed by atoms with Crippen LogP contribution in [0, 0.1) is 0 Å². The molecule has 11 heteroatoms. The van der Waals surface area contributed by atoms with Gasteiger partial charge in [-0.05, 0) is 30.7 Å². The van der Waals surface area contributed by atoms with Crippen LogP contribution >= 0.6 is 0 Å². The lowest BCUT2D eigenvalue weighted by Crippen LogP contribution is -2.24. The number of hydrogen-bond acceptors (Lipinski definition) is 7. The van der Waals surface area contributed by atoms with Crippen molar-refractivity contribution in [2.24, 2.45) is 9.98 Å². The van der Waals surface area contributed by atoms with Crippen molar-refractivity contribution in [3.63, 3.8) is 0 Å². The number of aliphatic imine (C=N–C) groups is 2. The Balaban J connectivity index is 1.68. The molecule has 3 rings (SSSR count). The molecule has 0 fully saturated rings. The molecule has 8 nitrogen and oxygen atoms in total. The summed E-state index contributed by atoms with van der Waals surface area (Å²) in [4.78, 5) is 24.8. The van der Waals surface area contributed by atoms with Crippen molar-refractivity contribution in [2.75, 3.05) is 26.0 Å². The average Bonchev–Trinajstić information content (AvgIpc) is 3.20. The van der Waals surface area contributed by atoms with Gasteiger partial charge in [0, 0.05) is 37.6 Å². The van der Waals surface area contributed by atoms with Gasteiger partial charge in [-0.2, -0.15) is 13.2 Å². The Labute approximate surface area is 188 Å². The lowest BCUT2D eigenvalue weighted by Gasteiger charge is -2.13. The van der Waals surface area contributed by atoms with E-state index in [4.69, 9.17) is 0 Å². The van der Waals surface area contributed by atoms with Crippen molar-refractivity contribution in [2.45, 2.75) is 19.1 Å². The second-order valence-electron chi connectivity index (χ2n) is 7.23. The summed E-state index contributed by atoms with van der Waals surface area (Å²) in [5.41, 5.74) is 3.76. The maximum Gasteiger partial charge on any atom is 0.421 e. The van der Waals surface area contributed by atoms with Crippen LogP contribution in [-0.4, -0.2) is 49.0 Å². The lowest BCUT2D eigenvalue weighted by molar-refractivity contribution is -0.139. The second-order valence-corrected chi connectivity index (χ2v) is 7.23. The molecule has 1 atom stereocenters. The third-order valence-electron chi connectivity index (χ3n) is 4.71. The maximum atomic E-state index is 13.2. The number of hydrogen-bond donors (Lipinski definition) is 2. The zero-order valence-corrected chi connectivity index (χ0v) is 18.2. The van der Waals surface area contributed by atoms with Crippen LogP contribution in [0.3, 0.4) is 0 Å². The molecule has 1 aromatic carbocycles. The highest BCUT2D eigenvalue weighted by atomic mass is 19.4. The van der Waals surface area contributed by atoms with Crippen molar-refractivity contribution in [3.8, 4) is 5.88 Å². The zero-order chi connectivity index (χ0) is 24.0. The number of halogens is 3. The fraction of sp³-hybridized carbons (Fsp3) is 0.273. The Morgan fingerprint density at radius 3 is 2.79 bits per heavy atom. The van der Waals surface area contributed by atoms with E-state index in [1.54, 1.807) is 36.8 Å². The van der Waals surface area contributed by atoms with Crippen LogP contribution in [0.1, 0.15) is 34.5 Å². The number of carbonyl (C=O) groups excluding carboxylic acids is 1. The fourth-order valence-corrected chi connectivity index (χ4v) is 3.00. The molecule has 2 N–H and O–H groups in total. The first kappa shape index (κ1) is 23.9. The molecule has 1 aliphatic heterocycles. The predicted molar refractivity (Wildman–Crippen MR) is 119 cm³/mol. The van der Waals surface area contributed by atoms with Crippen LogP contribution in [0.4, 0.5) is 18.9 Å². The van der Waals surface area contributed by atoms with Gasteiger partial charge in [0.25, 0.3) is 5.91 Å². The quantitative estimate of drug-likeness (QED) is 0.613. The number of pyridine rings is 1. The smallest absolute Gasteiger partial charge is 0.421 e. The summed E-state index contributed by atoms with van der Waals surface area (Å²) in [7, 11) is 2.99. The van der Waals surface area contributed by atoms with E-state index in [9.17, 15) is 18.0 Å². The first-order valence-corrected chi connectivity index (χ1v) is 9.92. The van der Waals surface area contributed by atoms with E-state index >= 15 is 0 Å². The molecule has 1 unspecified atom stereocenters. The molecule has 2 aromatic rings. The van der Waals surface area contributed by atoms with Crippen LogP contribution in [-0.2, 0) is 6.18 Å². The van der Waals surface area contributed by atoms with Crippen molar-refractivity contribution >= 4 is 24.0 Å². The van der Waals surface area contributed by atoms with E-state index in [0.717, 1.165) is 24.6 Å². The van der Waals surface area contributed by atoms with Gasteiger partial charge >= 0.3 is 6.18 Å². The summed E-state index contributed by atoms with van der Waals surface area (Å²) < 4.78 is 44.2. The number of aromatic nitrogens is 1. The molecule has 0 saturated carbocycles. The van der Waals surface area contributed by atoms with Gasteiger partial charge in [-0.1, -0.05) is 12.1 Å². The molecule has 0 saturated heterocycles. The van der Waals surface area contributed by atoms with Crippen molar-refractivity contribution in [3.05, 3.63) is 65.1 Å². The number of likely N-dealkylation sites (N-methyl/N-ethyl adjacent to an activating group) is 1. The molecule has 33 heavy (non-hydrogen) atoms. The Morgan fingerprint density at radius 2 is 2.12 bits per heavy atom. The summed E-state index contributed by atoms with van der Waals surface area (Å²) in [5.74, 6) is -1.32. The first-order valence-electron chi connectivity index (χ1n) is 9.92. The lowest BCUT2D eigenvalue weighted by atomic mass is 10.1. The SMILES string of the molecule is COc1ncc(C(=O)Nc2cccc(C(C)N=CC=NC3=CNN(C)C3)c2)cc1C(F)(F)F. The molecule has 174 valence electrons. The predicted octanol–water partition coefficient (Wildman–Crippen LogP) is 3.86. The van der Waals surface area contributed by atoms with E-state index in [1.165, 1.54) is 0 Å². The molecule has 1 aliphatic rings. The molecule has 1 amide bonds. The number of rotatable bonds is 7. The van der Waals surface area contributed by atoms with E-state index in [2.05, 4.69) is 30.4 Å². The summed E-state index contributed by atoms with van der Waals surface area (Å²) in [6, 6.07) is 7.39. The summed E-state index contributed by atoms with van der Waals surface area (Å²) >= 11 is 0. The highest BCUT2D eigenvalue weighted by molar-refractivity contribution is 6.16. The van der Waals surface area contributed by atoms with Crippen molar-refractivity contribution in [1.82, 2.24) is 15.4 Å². The summed E-state index contributed by atoms with van der Waals surface area (Å²) in [5, 5.41) is 4.48. The number of nitrogens with one attached hydrogen (secondary N) is 2. The topological polar surface area (TPSA) is 91.2 Å². The Kier molecular flexibility index (Phi) is 7.44. The molecular formula is C22H23F3N6O2. The van der Waals surface area contributed by atoms with Crippen LogP contribution < -0.4 is 15.5 Å². The number of hydrazine groups is 1. The summed E-state index contributed by atoms with van der Waals surface area (Å²) in [6.45, 7) is 2.56. The molecule has 0 radical (unpaired) electrons. The van der Waals surface area contributed by atoms with Crippen LogP contribution in [0.15, 0.2) is 58.4 Å². The number of alkyl halides is 3. The molecule has 1 aromatic heterocycles. The van der Waals surface area contributed by atoms with Gasteiger partial charge in [-0.3, -0.25) is 14.8 Å². The minimum absolute atomic E-state index is 0.230. The van der Waals surface area contributed by atoms with Gasteiger partial charge < -0.3 is 15.5 Å². The highest BCUT2D eigenvalue weighted by Gasteiger charge is 2.36. The highest BCUT2D eigenvalue weighted by Crippen LogP contribution is 2.35. The second kappa shape index (κ2) is 10.3. The number of nitrogens with zero attached hydrogens (tertiary/aromatic N) is 4. The van der Waals surface area contributed by atoms with Crippen LogP contribution in [0.5, 0.6) is 5.88 Å². The monoisotopic (exact) mass is 460 g/mol. The minimum Gasteiger partial charge on any atom is -0.481 e. The average molecular weight is 460 g/mol. The molecule has 0 aliphatic carbocycles. The van der Waals surface area contributed by atoms with Gasteiger partial charge in [0.15, 0.2) is 0 Å². The van der Waals surface area contributed by atoms with Gasteiger partial charge in [0.05, 0.1) is 31.0 Å². The zero-order valence-electron chi connectivity index (χ0n) is 18.2. The Morgan fingerprint density at radius 1 is 1.33 bits per heavy atom. The van der Waals surface area contributed by atoms with Crippen molar-refractivity contribution < 1.29 is 22.7 Å². The number of methoxy groups -OCH3 is 1. The number of ether oxygens (including phenoxy) is 1. The van der Waals surface area contributed by atoms with E-state index in [-0.39, 0.29) is 11.6 Å². The molecular weight excluding hydrogens is 437 g/mol. The van der Waals surface area contributed by atoms with E-state index in [1.807, 2.05) is 25.0 Å².